The normalized spacial score (nSPS) is 21.0. The van der Waals surface area contributed by atoms with E-state index in [1.165, 1.54) is 30.2 Å². The van der Waals surface area contributed by atoms with Crippen LogP contribution < -0.4 is 0 Å². The molecule has 0 N–H and O–H groups in total. The molecule has 1 fully saturated rings. The van der Waals surface area contributed by atoms with Gasteiger partial charge in [0.1, 0.15) is 11.6 Å². The summed E-state index contributed by atoms with van der Waals surface area (Å²) < 4.78 is 13.7. The summed E-state index contributed by atoms with van der Waals surface area (Å²) in [6.45, 7) is 1.87. The van der Waals surface area contributed by atoms with Crippen molar-refractivity contribution in [2.75, 3.05) is 0 Å². The van der Waals surface area contributed by atoms with E-state index in [0.717, 1.165) is 29.8 Å². The highest BCUT2D eigenvalue weighted by atomic mass is 19.1. The number of halogens is 1. The molecule has 2 nitrogen and oxygen atoms in total. The van der Waals surface area contributed by atoms with Gasteiger partial charge in [-0.2, -0.15) is 0 Å². The van der Waals surface area contributed by atoms with Crippen molar-refractivity contribution >= 4 is 0 Å². The molecule has 0 aliphatic heterocycles. The third-order valence-electron chi connectivity index (χ3n) is 4.57. The molecule has 0 radical (unpaired) electrons. The van der Waals surface area contributed by atoms with Gasteiger partial charge in [0.2, 0.25) is 0 Å². The van der Waals surface area contributed by atoms with E-state index in [9.17, 15) is 4.39 Å². The maximum atomic E-state index is 13.7. The SMILES string of the molecule is Cc1c(F)cccc1[C@@H]1Cc2cnc(C3CC3)nc2C1. The smallest absolute Gasteiger partial charge is 0.131 e. The van der Waals surface area contributed by atoms with Gasteiger partial charge in [-0.1, -0.05) is 12.1 Å². The van der Waals surface area contributed by atoms with Crippen molar-refractivity contribution in [3.05, 3.63) is 58.4 Å². The monoisotopic (exact) mass is 268 g/mol. The van der Waals surface area contributed by atoms with Crippen LogP contribution in [0.1, 0.15) is 52.9 Å². The van der Waals surface area contributed by atoms with Gasteiger partial charge in [-0.25, -0.2) is 14.4 Å². The van der Waals surface area contributed by atoms with Gasteiger partial charge >= 0.3 is 0 Å². The van der Waals surface area contributed by atoms with Crippen molar-refractivity contribution in [1.29, 1.82) is 0 Å². The lowest BCUT2D eigenvalue weighted by atomic mass is 9.92. The Morgan fingerprint density at radius 1 is 1.15 bits per heavy atom. The van der Waals surface area contributed by atoms with Crippen LogP contribution in [-0.2, 0) is 12.8 Å². The Balaban J connectivity index is 1.65. The fourth-order valence-corrected chi connectivity index (χ4v) is 3.20. The van der Waals surface area contributed by atoms with Crippen LogP contribution >= 0.6 is 0 Å². The van der Waals surface area contributed by atoms with Gasteiger partial charge in [0.05, 0.1) is 0 Å². The van der Waals surface area contributed by atoms with Gasteiger partial charge in [-0.3, -0.25) is 0 Å². The predicted octanol–water partition coefficient (Wildman–Crippen LogP) is 3.68. The molecule has 0 spiro atoms. The molecule has 2 aliphatic carbocycles. The number of benzene rings is 1. The van der Waals surface area contributed by atoms with Gasteiger partial charge < -0.3 is 0 Å². The highest BCUT2D eigenvalue weighted by Gasteiger charge is 2.30. The van der Waals surface area contributed by atoms with E-state index in [1.807, 2.05) is 25.3 Å². The number of aromatic nitrogens is 2. The molecule has 0 unspecified atom stereocenters. The molecule has 0 bridgehead atoms. The molecule has 1 heterocycles. The molecule has 1 saturated carbocycles. The topological polar surface area (TPSA) is 25.8 Å². The lowest BCUT2D eigenvalue weighted by Crippen LogP contribution is -2.02. The van der Waals surface area contributed by atoms with Crippen molar-refractivity contribution in [3.63, 3.8) is 0 Å². The average molecular weight is 268 g/mol. The van der Waals surface area contributed by atoms with Gasteiger partial charge in [0, 0.05) is 17.8 Å². The summed E-state index contributed by atoms with van der Waals surface area (Å²) in [4.78, 5) is 9.23. The molecule has 4 rings (SSSR count). The molecule has 20 heavy (non-hydrogen) atoms. The Kier molecular flexibility index (Phi) is 2.62. The van der Waals surface area contributed by atoms with Crippen LogP contribution in [0.3, 0.4) is 0 Å². The maximum absolute atomic E-state index is 13.7. The molecular formula is C17H17FN2. The first-order valence-corrected chi connectivity index (χ1v) is 7.32. The predicted molar refractivity (Wildman–Crippen MR) is 75.3 cm³/mol. The molecule has 0 amide bonds. The summed E-state index contributed by atoms with van der Waals surface area (Å²) in [6, 6.07) is 5.39. The van der Waals surface area contributed by atoms with E-state index >= 15 is 0 Å². The zero-order valence-corrected chi connectivity index (χ0v) is 11.6. The minimum atomic E-state index is -0.108. The van der Waals surface area contributed by atoms with Crippen LogP contribution in [0.4, 0.5) is 4.39 Å². The lowest BCUT2D eigenvalue weighted by molar-refractivity contribution is 0.608. The fourth-order valence-electron chi connectivity index (χ4n) is 3.20. The zero-order chi connectivity index (χ0) is 13.7. The number of hydrogen-bond acceptors (Lipinski definition) is 2. The van der Waals surface area contributed by atoms with Gasteiger partial charge in [-0.15, -0.1) is 0 Å². The molecule has 0 saturated heterocycles. The Bertz CT molecular complexity index is 677. The second-order valence-electron chi connectivity index (χ2n) is 6.03. The molecule has 1 aromatic carbocycles. The average Bonchev–Trinajstić information content (AvgIpc) is 3.21. The Hall–Kier alpha value is -1.77. The van der Waals surface area contributed by atoms with Gasteiger partial charge in [0.25, 0.3) is 0 Å². The second kappa shape index (κ2) is 4.37. The molecule has 102 valence electrons. The Morgan fingerprint density at radius 3 is 2.80 bits per heavy atom. The lowest BCUT2D eigenvalue weighted by Gasteiger charge is -2.12. The highest BCUT2D eigenvalue weighted by molar-refractivity contribution is 5.37. The van der Waals surface area contributed by atoms with Crippen LogP contribution in [-0.4, -0.2) is 9.97 Å². The van der Waals surface area contributed by atoms with E-state index in [2.05, 4.69) is 4.98 Å². The summed E-state index contributed by atoms with van der Waals surface area (Å²) >= 11 is 0. The van der Waals surface area contributed by atoms with E-state index in [-0.39, 0.29) is 5.82 Å². The summed E-state index contributed by atoms with van der Waals surface area (Å²) in [5.41, 5.74) is 4.32. The van der Waals surface area contributed by atoms with Gasteiger partial charge in [-0.05, 0) is 61.3 Å². The minimum absolute atomic E-state index is 0.108. The van der Waals surface area contributed by atoms with Crippen LogP contribution in [0.25, 0.3) is 0 Å². The Labute approximate surface area is 118 Å². The van der Waals surface area contributed by atoms with E-state index in [0.29, 0.717) is 11.8 Å². The van der Waals surface area contributed by atoms with Crippen LogP contribution in [0.2, 0.25) is 0 Å². The third-order valence-corrected chi connectivity index (χ3v) is 4.57. The van der Waals surface area contributed by atoms with Crippen LogP contribution in [0.5, 0.6) is 0 Å². The number of nitrogens with zero attached hydrogens (tertiary/aromatic N) is 2. The standard InChI is InChI=1S/C17H17FN2/c1-10-14(3-2-4-15(10)18)12-7-13-9-19-17(11-5-6-11)20-16(13)8-12/h2-4,9,11-12H,5-8H2,1H3/t12-/m1/s1. The molecule has 1 atom stereocenters. The first-order chi connectivity index (χ1) is 9.72. The summed E-state index contributed by atoms with van der Waals surface area (Å²) in [5.74, 6) is 1.85. The van der Waals surface area contributed by atoms with Crippen molar-refractivity contribution in [3.8, 4) is 0 Å². The first kappa shape index (κ1) is 12.0. The van der Waals surface area contributed by atoms with Crippen molar-refractivity contribution in [2.45, 2.75) is 44.4 Å². The highest BCUT2D eigenvalue weighted by Crippen LogP contribution is 2.40. The van der Waals surface area contributed by atoms with Crippen molar-refractivity contribution in [1.82, 2.24) is 9.97 Å². The van der Waals surface area contributed by atoms with E-state index in [1.54, 1.807) is 0 Å². The summed E-state index contributed by atoms with van der Waals surface area (Å²) in [7, 11) is 0. The van der Waals surface area contributed by atoms with Gasteiger partial charge in [0.15, 0.2) is 0 Å². The zero-order valence-electron chi connectivity index (χ0n) is 11.6. The largest absolute Gasteiger partial charge is 0.241 e. The van der Waals surface area contributed by atoms with Crippen LogP contribution in [0.15, 0.2) is 24.4 Å². The summed E-state index contributed by atoms with van der Waals surface area (Å²) in [5, 5.41) is 0. The Morgan fingerprint density at radius 2 is 2.00 bits per heavy atom. The number of rotatable bonds is 2. The maximum Gasteiger partial charge on any atom is 0.131 e. The molecular weight excluding hydrogens is 251 g/mol. The minimum Gasteiger partial charge on any atom is -0.241 e. The fraction of sp³-hybridized carbons (Fsp3) is 0.412. The molecule has 2 aliphatic rings. The van der Waals surface area contributed by atoms with Crippen LogP contribution in [0, 0.1) is 12.7 Å². The van der Waals surface area contributed by atoms with Crippen molar-refractivity contribution < 1.29 is 4.39 Å². The molecule has 3 heteroatoms. The van der Waals surface area contributed by atoms with E-state index < -0.39 is 0 Å². The molecule has 1 aromatic heterocycles. The van der Waals surface area contributed by atoms with E-state index in [4.69, 9.17) is 4.98 Å². The first-order valence-electron chi connectivity index (χ1n) is 7.32. The number of fused-ring (bicyclic) bond motifs is 1. The summed E-state index contributed by atoms with van der Waals surface area (Å²) in [6.07, 6.45) is 6.30. The molecule has 2 aromatic rings. The quantitative estimate of drug-likeness (QED) is 0.830. The number of hydrogen-bond donors (Lipinski definition) is 0. The van der Waals surface area contributed by atoms with Crippen molar-refractivity contribution in [2.24, 2.45) is 0 Å². The third kappa shape index (κ3) is 1.92. The second-order valence-corrected chi connectivity index (χ2v) is 6.03.